The number of carbonyl (C=O) groups is 1. The normalized spacial score (nSPS) is 19.1. The highest BCUT2D eigenvalue weighted by Gasteiger charge is 2.16. The van der Waals surface area contributed by atoms with Gasteiger partial charge in [-0.1, -0.05) is 33.1 Å². The van der Waals surface area contributed by atoms with Crippen molar-refractivity contribution >= 4 is 5.97 Å². The summed E-state index contributed by atoms with van der Waals surface area (Å²) >= 11 is 0. The lowest BCUT2D eigenvalue weighted by Crippen LogP contribution is -2.33. The van der Waals surface area contributed by atoms with Gasteiger partial charge in [0.1, 0.15) is 0 Å². The lowest BCUT2D eigenvalue weighted by molar-refractivity contribution is -0.137. The van der Waals surface area contributed by atoms with Crippen LogP contribution in [-0.4, -0.2) is 23.7 Å². The largest absolute Gasteiger partial charge is 0.481 e. The van der Waals surface area contributed by atoms with Gasteiger partial charge < -0.3 is 10.4 Å². The highest BCUT2D eigenvalue weighted by molar-refractivity contribution is 5.66. The van der Waals surface area contributed by atoms with Crippen LogP contribution in [0.5, 0.6) is 0 Å². The molecule has 106 valence electrons. The van der Waals surface area contributed by atoms with E-state index in [2.05, 4.69) is 19.2 Å². The Morgan fingerprint density at radius 2 is 1.89 bits per heavy atom. The van der Waals surface area contributed by atoms with Crippen molar-refractivity contribution in [3.8, 4) is 0 Å². The first-order chi connectivity index (χ1) is 8.59. The first kappa shape index (κ1) is 15.5. The van der Waals surface area contributed by atoms with Gasteiger partial charge in [-0.3, -0.25) is 4.79 Å². The zero-order chi connectivity index (χ0) is 13.4. The predicted molar refractivity (Wildman–Crippen MR) is 74.7 cm³/mol. The maximum absolute atomic E-state index is 10.6. The van der Waals surface area contributed by atoms with Gasteiger partial charge in [-0.25, -0.2) is 0 Å². The van der Waals surface area contributed by atoms with Gasteiger partial charge in [-0.15, -0.1) is 0 Å². The van der Waals surface area contributed by atoms with Gasteiger partial charge in [-0.2, -0.15) is 0 Å². The zero-order valence-corrected chi connectivity index (χ0v) is 12.0. The zero-order valence-electron chi connectivity index (χ0n) is 12.0. The Kier molecular flexibility index (Phi) is 7.33. The molecule has 0 bridgehead atoms. The third kappa shape index (κ3) is 6.39. The Hall–Kier alpha value is -0.570. The van der Waals surface area contributed by atoms with Gasteiger partial charge >= 0.3 is 5.97 Å². The van der Waals surface area contributed by atoms with Crippen molar-refractivity contribution in [2.75, 3.05) is 6.54 Å². The summed E-state index contributed by atoms with van der Waals surface area (Å²) in [4.78, 5) is 10.6. The number of rotatable bonds is 8. The molecule has 0 aromatic rings. The number of nitrogens with one attached hydrogen (secondary N) is 1. The topological polar surface area (TPSA) is 49.3 Å². The quantitative estimate of drug-likeness (QED) is 0.698. The fourth-order valence-corrected chi connectivity index (χ4v) is 2.90. The van der Waals surface area contributed by atoms with E-state index in [-0.39, 0.29) is 0 Å². The van der Waals surface area contributed by atoms with Crippen molar-refractivity contribution in [3.63, 3.8) is 0 Å². The van der Waals surface area contributed by atoms with Crippen LogP contribution < -0.4 is 5.32 Å². The molecular formula is C15H29NO2. The molecule has 0 aromatic carbocycles. The smallest absolute Gasteiger partial charge is 0.303 e. The Labute approximate surface area is 111 Å². The van der Waals surface area contributed by atoms with Crippen molar-refractivity contribution in [2.45, 2.75) is 71.3 Å². The van der Waals surface area contributed by atoms with Crippen LogP contribution in [0.3, 0.4) is 0 Å². The summed E-state index contributed by atoms with van der Waals surface area (Å²) in [6, 6.07) is 0.714. The molecule has 3 heteroatoms. The molecule has 18 heavy (non-hydrogen) atoms. The van der Waals surface area contributed by atoms with E-state index in [1.165, 1.54) is 32.1 Å². The lowest BCUT2D eigenvalue weighted by atomic mass is 9.88. The van der Waals surface area contributed by atoms with E-state index in [0.29, 0.717) is 24.3 Å². The fourth-order valence-electron chi connectivity index (χ4n) is 2.90. The van der Waals surface area contributed by atoms with E-state index < -0.39 is 5.97 Å². The molecule has 1 aliphatic carbocycles. The predicted octanol–water partition coefficient (Wildman–Crippen LogP) is 3.44. The molecule has 0 radical (unpaired) electrons. The average Bonchev–Trinajstić information content (AvgIpc) is 2.34. The number of hydrogen-bond acceptors (Lipinski definition) is 2. The van der Waals surface area contributed by atoms with E-state index in [9.17, 15) is 4.79 Å². The van der Waals surface area contributed by atoms with Crippen LogP contribution in [-0.2, 0) is 4.79 Å². The summed E-state index contributed by atoms with van der Waals surface area (Å²) < 4.78 is 0. The standard InChI is InChI=1S/C15H29NO2/c1-12(2)13(8-9-15(17)18)10-11-16-14-6-4-3-5-7-14/h12-14,16H,3-11H2,1-2H3,(H,17,18). The van der Waals surface area contributed by atoms with Gasteiger partial charge in [0.15, 0.2) is 0 Å². The second-order valence-electron chi connectivity index (χ2n) is 6.01. The molecule has 1 fully saturated rings. The Morgan fingerprint density at radius 1 is 1.22 bits per heavy atom. The van der Waals surface area contributed by atoms with Crippen LogP contribution in [0, 0.1) is 11.8 Å². The second kappa shape index (κ2) is 8.52. The van der Waals surface area contributed by atoms with Gasteiger partial charge in [0.25, 0.3) is 0 Å². The van der Waals surface area contributed by atoms with Crippen LogP contribution in [0.1, 0.15) is 65.2 Å². The van der Waals surface area contributed by atoms with E-state index in [1.807, 2.05) is 0 Å². The molecule has 0 amide bonds. The first-order valence-corrected chi connectivity index (χ1v) is 7.54. The third-order valence-corrected chi connectivity index (χ3v) is 4.23. The van der Waals surface area contributed by atoms with Crippen LogP contribution in [0.4, 0.5) is 0 Å². The van der Waals surface area contributed by atoms with Crippen molar-refractivity contribution in [1.29, 1.82) is 0 Å². The summed E-state index contributed by atoms with van der Waals surface area (Å²) in [5, 5.41) is 12.4. The molecule has 3 nitrogen and oxygen atoms in total. The van der Waals surface area contributed by atoms with Crippen molar-refractivity contribution in [3.05, 3.63) is 0 Å². The minimum atomic E-state index is -0.666. The summed E-state index contributed by atoms with van der Waals surface area (Å²) in [6.07, 6.45) is 9.01. The van der Waals surface area contributed by atoms with Gasteiger partial charge in [-0.05, 0) is 44.1 Å². The summed E-state index contributed by atoms with van der Waals surface area (Å²) in [5.41, 5.74) is 0. The number of carboxylic acid groups (broad SMARTS) is 1. The maximum Gasteiger partial charge on any atom is 0.303 e. The number of hydrogen-bond donors (Lipinski definition) is 2. The molecule has 2 N–H and O–H groups in total. The molecule has 1 unspecified atom stereocenters. The van der Waals surface area contributed by atoms with Gasteiger partial charge in [0.2, 0.25) is 0 Å². The third-order valence-electron chi connectivity index (χ3n) is 4.23. The Morgan fingerprint density at radius 3 is 2.44 bits per heavy atom. The van der Waals surface area contributed by atoms with Crippen molar-refractivity contribution in [2.24, 2.45) is 11.8 Å². The van der Waals surface area contributed by atoms with E-state index in [4.69, 9.17) is 5.11 Å². The van der Waals surface area contributed by atoms with Gasteiger partial charge in [0.05, 0.1) is 0 Å². The highest BCUT2D eigenvalue weighted by atomic mass is 16.4. The summed E-state index contributed by atoms with van der Waals surface area (Å²) in [6.45, 7) is 5.45. The van der Waals surface area contributed by atoms with Crippen LogP contribution in [0.15, 0.2) is 0 Å². The molecule has 0 spiro atoms. The number of aliphatic carboxylic acids is 1. The molecule has 1 atom stereocenters. The Balaban J connectivity index is 2.17. The minimum absolute atomic E-state index is 0.312. The molecule has 1 aliphatic rings. The van der Waals surface area contributed by atoms with Crippen LogP contribution >= 0.6 is 0 Å². The van der Waals surface area contributed by atoms with E-state index >= 15 is 0 Å². The molecule has 0 heterocycles. The van der Waals surface area contributed by atoms with Crippen molar-refractivity contribution < 1.29 is 9.90 Å². The van der Waals surface area contributed by atoms with Crippen LogP contribution in [0.25, 0.3) is 0 Å². The first-order valence-electron chi connectivity index (χ1n) is 7.54. The molecule has 1 saturated carbocycles. The average molecular weight is 255 g/mol. The summed E-state index contributed by atoms with van der Waals surface area (Å²) in [7, 11) is 0. The maximum atomic E-state index is 10.6. The molecule has 0 aliphatic heterocycles. The molecule has 1 rings (SSSR count). The SMILES string of the molecule is CC(C)C(CCNC1CCCCC1)CCC(=O)O. The Bertz CT molecular complexity index is 235. The molecular weight excluding hydrogens is 226 g/mol. The second-order valence-corrected chi connectivity index (χ2v) is 6.01. The van der Waals surface area contributed by atoms with Gasteiger partial charge in [0, 0.05) is 12.5 Å². The van der Waals surface area contributed by atoms with E-state index in [1.54, 1.807) is 0 Å². The molecule has 0 aromatic heterocycles. The lowest BCUT2D eigenvalue weighted by Gasteiger charge is -2.25. The number of carboxylic acids is 1. The monoisotopic (exact) mass is 255 g/mol. The minimum Gasteiger partial charge on any atom is -0.481 e. The fraction of sp³-hybridized carbons (Fsp3) is 0.933. The van der Waals surface area contributed by atoms with E-state index in [0.717, 1.165) is 19.4 Å². The van der Waals surface area contributed by atoms with Crippen molar-refractivity contribution in [1.82, 2.24) is 5.32 Å². The summed E-state index contributed by atoms with van der Waals surface area (Å²) in [5.74, 6) is 0.454. The molecule has 0 saturated heterocycles. The highest BCUT2D eigenvalue weighted by Crippen LogP contribution is 2.22. The van der Waals surface area contributed by atoms with Crippen LogP contribution in [0.2, 0.25) is 0 Å².